The Bertz CT molecular complexity index is 553. The van der Waals surface area contributed by atoms with Crippen LogP contribution < -0.4 is 5.32 Å². The van der Waals surface area contributed by atoms with Crippen LogP contribution in [0.15, 0.2) is 65.7 Å². The van der Waals surface area contributed by atoms with Crippen LogP contribution in [0.2, 0.25) is 0 Å². The van der Waals surface area contributed by atoms with Gasteiger partial charge in [0.25, 0.3) is 0 Å². The third-order valence-electron chi connectivity index (χ3n) is 3.93. The fourth-order valence-corrected chi connectivity index (χ4v) is 2.72. The predicted octanol–water partition coefficient (Wildman–Crippen LogP) is 2.71. The molecule has 108 valence electrons. The van der Waals surface area contributed by atoms with Crippen LogP contribution in [-0.4, -0.2) is 37.5 Å². The van der Waals surface area contributed by atoms with E-state index in [-0.39, 0.29) is 0 Å². The van der Waals surface area contributed by atoms with Gasteiger partial charge in [-0.15, -0.1) is 0 Å². The second-order valence-corrected chi connectivity index (χ2v) is 5.38. The number of benzene rings is 2. The van der Waals surface area contributed by atoms with Crippen LogP contribution in [0.5, 0.6) is 0 Å². The summed E-state index contributed by atoms with van der Waals surface area (Å²) >= 11 is 0. The second kappa shape index (κ2) is 6.44. The first kappa shape index (κ1) is 13.7. The van der Waals surface area contributed by atoms with Gasteiger partial charge in [-0.2, -0.15) is 0 Å². The summed E-state index contributed by atoms with van der Waals surface area (Å²) in [6.07, 6.45) is 0. The van der Waals surface area contributed by atoms with Gasteiger partial charge in [-0.1, -0.05) is 60.7 Å². The van der Waals surface area contributed by atoms with E-state index in [1.165, 1.54) is 11.1 Å². The lowest BCUT2D eigenvalue weighted by molar-refractivity contribution is 0.531. The third kappa shape index (κ3) is 3.24. The normalized spacial score (nSPS) is 14.4. The maximum Gasteiger partial charge on any atom is 0.193 e. The molecule has 0 amide bonds. The van der Waals surface area contributed by atoms with E-state index in [9.17, 15) is 0 Å². The van der Waals surface area contributed by atoms with Gasteiger partial charge >= 0.3 is 0 Å². The Morgan fingerprint density at radius 1 is 1.00 bits per heavy atom. The molecule has 1 heterocycles. The largest absolute Gasteiger partial charge is 0.355 e. The number of hydrogen-bond donors (Lipinski definition) is 1. The Labute approximate surface area is 126 Å². The summed E-state index contributed by atoms with van der Waals surface area (Å²) in [4.78, 5) is 6.68. The zero-order valence-electron chi connectivity index (χ0n) is 12.4. The molecular weight excluding hydrogens is 258 g/mol. The Morgan fingerprint density at radius 2 is 1.57 bits per heavy atom. The molecule has 0 atom stereocenters. The average Bonchev–Trinajstić information content (AvgIpc) is 2.95. The minimum Gasteiger partial charge on any atom is -0.355 e. The summed E-state index contributed by atoms with van der Waals surface area (Å²) in [7, 11) is 2.08. The van der Waals surface area contributed by atoms with Crippen LogP contribution in [0.1, 0.15) is 17.0 Å². The standard InChI is InChI=1S/C18H21N3/c1-21-13-12-19-18(21)20-14-17(15-8-4-2-5-9-15)16-10-6-3-7-11-16/h2-11,17H,12-14H2,1H3,(H,19,20). The number of likely N-dealkylation sites (N-methyl/N-ethyl adjacent to an activating group) is 1. The number of guanidine groups is 1. The van der Waals surface area contributed by atoms with Gasteiger partial charge in [0.1, 0.15) is 0 Å². The monoisotopic (exact) mass is 279 g/mol. The zero-order valence-corrected chi connectivity index (χ0v) is 12.4. The van der Waals surface area contributed by atoms with Crippen molar-refractivity contribution in [3.05, 3.63) is 71.8 Å². The fraction of sp³-hybridized carbons (Fsp3) is 0.278. The fourth-order valence-electron chi connectivity index (χ4n) is 2.72. The maximum absolute atomic E-state index is 4.51. The molecule has 0 saturated heterocycles. The van der Waals surface area contributed by atoms with Crippen LogP contribution in [0.3, 0.4) is 0 Å². The SMILES string of the molecule is CN1CCN=C1NCC(c1ccccc1)c1ccccc1. The van der Waals surface area contributed by atoms with Crippen molar-refractivity contribution in [3.63, 3.8) is 0 Å². The Balaban J connectivity index is 1.80. The summed E-state index contributed by atoms with van der Waals surface area (Å²) in [5.41, 5.74) is 2.66. The second-order valence-electron chi connectivity index (χ2n) is 5.38. The van der Waals surface area contributed by atoms with Crippen molar-refractivity contribution >= 4 is 5.96 Å². The molecule has 1 aliphatic rings. The Kier molecular flexibility index (Phi) is 4.20. The summed E-state index contributed by atoms with van der Waals surface area (Å²) < 4.78 is 0. The van der Waals surface area contributed by atoms with Crippen molar-refractivity contribution in [3.8, 4) is 0 Å². The van der Waals surface area contributed by atoms with Crippen LogP contribution in [0.4, 0.5) is 0 Å². The van der Waals surface area contributed by atoms with E-state index in [1.54, 1.807) is 0 Å². The first-order chi connectivity index (χ1) is 10.3. The summed E-state index contributed by atoms with van der Waals surface area (Å²) in [6, 6.07) is 21.3. The van der Waals surface area contributed by atoms with Crippen LogP contribution in [0, 0.1) is 0 Å². The molecule has 0 fully saturated rings. The smallest absolute Gasteiger partial charge is 0.193 e. The number of hydrogen-bond acceptors (Lipinski definition) is 3. The maximum atomic E-state index is 4.51. The Morgan fingerprint density at radius 3 is 2.05 bits per heavy atom. The van der Waals surface area contributed by atoms with Gasteiger partial charge < -0.3 is 10.2 Å². The zero-order chi connectivity index (χ0) is 14.5. The summed E-state index contributed by atoms with van der Waals surface area (Å²) in [5.74, 6) is 1.34. The molecule has 2 aromatic rings. The van der Waals surface area contributed by atoms with Crippen molar-refractivity contribution in [2.75, 3.05) is 26.7 Å². The molecule has 0 saturated carbocycles. The highest BCUT2D eigenvalue weighted by molar-refractivity contribution is 5.81. The van der Waals surface area contributed by atoms with Gasteiger partial charge in [0, 0.05) is 26.1 Å². The molecular formula is C18H21N3. The van der Waals surface area contributed by atoms with Gasteiger partial charge in [-0.3, -0.25) is 4.99 Å². The molecule has 3 heteroatoms. The first-order valence-electron chi connectivity index (χ1n) is 7.44. The molecule has 0 radical (unpaired) electrons. The third-order valence-corrected chi connectivity index (χ3v) is 3.93. The molecule has 1 N–H and O–H groups in total. The molecule has 1 aliphatic heterocycles. The molecule has 0 bridgehead atoms. The van der Waals surface area contributed by atoms with E-state index in [0.29, 0.717) is 5.92 Å². The van der Waals surface area contributed by atoms with Crippen molar-refractivity contribution in [2.24, 2.45) is 4.99 Å². The van der Waals surface area contributed by atoms with Gasteiger partial charge in [0.15, 0.2) is 5.96 Å². The van der Waals surface area contributed by atoms with Crippen molar-refractivity contribution in [1.29, 1.82) is 0 Å². The quantitative estimate of drug-likeness (QED) is 0.932. The van der Waals surface area contributed by atoms with E-state index in [1.807, 2.05) is 0 Å². The molecule has 21 heavy (non-hydrogen) atoms. The first-order valence-corrected chi connectivity index (χ1v) is 7.44. The van der Waals surface area contributed by atoms with Gasteiger partial charge in [0.05, 0.1) is 6.54 Å². The highest BCUT2D eigenvalue weighted by atomic mass is 15.3. The van der Waals surface area contributed by atoms with Gasteiger partial charge in [-0.25, -0.2) is 0 Å². The summed E-state index contributed by atoms with van der Waals surface area (Å²) in [6.45, 7) is 2.75. The van der Waals surface area contributed by atoms with Crippen molar-refractivity contribution in [2.45, 2.75) is 5.92 Å². The average molecular weight is 279 g/mol. The lowest BCUT2D eigenvalue weighted by Crippen LogP contribution is -2.38. The van der Waals surface area contributed by atoms with E-state index in [4.69, 9.17) is 0 Å². The van der Waals surface area contributed by atoms with E-state index in [0.717, 1.165) is 25.6 Å². The highest BCUT2D eigenvalue weighted by Crippen LogP contribution is 2.23. The molecule has 2 aromatic carbocycles. The van der Waals surface area contributed by atoms with Crippen molar-refractivity contribution in [1.82, 2.24) is 10.2 Å². The van der Waals surface area contributed by atoms with Crippen LogP contribution >= 0.6 is 0 Å². The van der Waals surface area contributed by atoms with E-state index in [2.05, 4.69) is 82.9 Å². The number of nitrogens with one attached hydrogen (secondary N) is 1. The van der Waals surface area contributed by atoms with E-state index < -0.39 is 0 Å². The minimum atomic E-state index is 0.337. The van der Waals surface area contributed by atoms with E-state index >= 15 is 0 Å². The number of nitrogens with zero attached hydrogens (tertiary/aromatic N) is 2. The van der Waals surface area contributed by atoms with Crippen LogP contribution in [0.25, 0.3) is 0 Å². The summed E-state index contributed by atoms with van der Waals surface area (Å²) in [5, 5.41) is 3.50. The number of rotatable bonds is 4. The molecule has 0 aromatic heterocycles. The topological polar surface area (TPSA) is 27.6 Å². The Hall–Kier alpha value is -2.29. The predicted molar refractivity (Wildman–Crippen MR) is 87.7 cm³/mol. The molecule has 3 nitrogen and oxygen atoms in total. The molecule has 0 unspecified atom stereocenters. The molecule has 0 aliphatic carbocycles. The molecule has 3 rings (SSSR count). The van der Waals surface area contributed by atoms with Gasteiger partial charge in [0.2, 0.25) is 0 Å². The lowest BCUT2D eigenvalue weighted by Gasteiger charge is -2.22. The van der Waals surface area contributed by atoms with Crippen molar-refractivity contribution < 1.29 is 0 Å². The minimum absolute atomic E-state index is 0.337. The van der Waals surface area contributed by atoms with Gasteiger partial charge in [-0.05, 0) is 11.1 Å². The van der Waals surface area contributed by atoms with Crippen LogP contribution in [-0.2, 0) is 0 Å². The number of aliphatic imine (C=N–C) groups is 1. The highest BCUT2D eigenvalue weighted by Gasteiger charge is 2.17. The molecule has 0 spiro atoms. The lowest BCUT2D eigenvalue weighted by atomic mass is 9.91.